The highest BCUT2D eigenvalue weighted by Gasteiger charge is 2.56. The first-order valence-electron chi connectivity index (χ1n) is 24.9. The van der Waals surface area contributed by atoms with Gasteiger partial charge in [0, 0.05) is 11.8 Å². The SMILES string of the molecule is CC[C@@H](C)C(=O)N[C@H]1CCS[C@H]2CC(C)(C)[C@@H](C(=O)N[C@H](COCCOCCOC[C@@H](NC(=O)[C@H]3N4C(=O)[C@@H](NC(=O)[C@H](C)CC)CCS[C@H]4CC3(C)C)c3ccccc3)c3ccccc3)N2C1=O. The Bertz CT molecular complexity index is 1920. The van der Waals surface area contributed by atoms with Gasteiger partial charge in [-0.15, -0.1) is 23.5 Å². The Labute approximate surface area is 417 Å². The van der Waals surface area contributed by atoms with Gasteiger partial charge in [0.2, 0.25) is 35.4 Å². The second-order valence-corrected chi connectivity index (χ2v) is 22.9. The van der Waals surface area contributed by atoms with Crippen LogP contribution in [-0.4, -0.2) is 131 Å². The number of rotatable bonds is 22. The van der Waals surface area contributed by atoms with Gasteiger partial charge >= 0.3 is 0 Å². The summed E-state index contributed by atoms with van der Waals surface area (Å²) in [4.78, 5) is 86.2. The molecule has 6 rings (SSSR count). The number of amides is 6. The van der Waals surface area contributed by atoms with Crippen LogP contribution in [0.25, 0.3) is 0 Å². The van der Waals surface area contributed by atoms with E-state index in [2.05, 4.69) is 21.3 Å². The van der Waals surface area contributed by atoms with Crippen molar-refractivity contribution in [3.8, 4) is 0 Å². The number of carbonyl (C=O) groups excluding carboxylic acids is 6. The maximum atomic E-state index is 14.4. The van der Waals surface area contributed by atoms with Gasteiger partial charge in [-0.25, -0.2) is 0 Å². The highest BCUT2D eigenvalue weighted by atomic mass is 32.2. The molecule has 17 heteroatoms. The lowest BCUT2D eigenvalue weighted by atomic mass is 9.83. The van der Waals surface area contributed by atoms with Gasteiger partial charge in [0.1, 0.15) is 24.2 Å². The van der Waals surface area contributed by atoms with Crippen LogP contribution in [0.4, 0.5) is 0 Å². The van der Waals surface area contributed by atoms with E-state index in [0.29, 0.717) is 50.0 Å². The van der Waals surface area contributed by atoms with Crippen LogP contribution < -0.4 is 21.3 Å². The fourth-order valence-electron chi connectivity index (χ4n) is 9.76. The second kappa shape index (κ2) is 24.8. The molecule has 15 nitrogen and oxygen atoms in total. The molecular formula is C52H76N6O9S2. The van der Waals surface area contributed by atoms with Gasteiger partial charge in [-0.05, 0) is 72.0 Å². The van der Waals surface area contributed by atoms with Crippen LogP contribution in [0.5, 0.6) is 0 Å². The molecule has 0 radical (unpaired) electrons. The molecule has 0 bridgehead atoms. The smallest absolute Gasteiger partial charge is 0.246 e. The number of carbonyl (C=O) groups is 6. The van der Waals surface area contributed by atoms with Crippen LogP contribution in [0.3, 0.4) is 0 Å². The van der Waals surface area contributed by atoms with E-state index in [1.807, 2.05) is 116 Å². The minimum atomic E-state index is -0.736. The van der Waals surface area contributed by atoms with E-state index in [1.54, 1.807) is 33.3 Å². The molecule has 4 aliphatic heterocycles. The highest BCUT2D eigenvalue weighted by molar-refractivity contribution is 8.00. The Kier molecular flexibility index (Phi) is 19.5. The van der Waals surface area contributed by atoms with E-state index in [-0.39, 0.29) is 97.7 Å². The third-order valence-corrected chi connectivity index (χ3v) is 16.7. The van der Waals surface area contributed by atoms with Crippen LogP contribution in [-0.2, 0) is 43.0 Å². The quantitative estimate of drug-likeness (QED) is 0.102. The second-order valence-electron chi connectivity index (χ2n) is 20.4. The predicted molar refractivity (Wildman–Crippen MR) is 270 cm³/mol. The molecule has 0 unspecified atom stereocenters. The molecule has 4 N–H and O–H groups in total. The van der Waals surface area contributed by atoms with Gasteiger partial charge in [0.25, 0.3) is 0 Å². The Balaban J connectivity index is 1.00. The number of nitrogens with one attached hydrogen (secondary N) is 4. The van der Waals surface area contributed by atoms with Crippen LogP contribution in [0.15, 0.2) is 60.7 Å². The average Bonchev–Trinajstić information content (AvgIpc) is 3.65. The van der Waals surface area contributed by atoms with Crippen LogP contribution in [0.2, 0.25) is 0 Å². The molecule has 4 fully saturated rings. The van der Waals surface area contributed by atoms with Crippen molar-refractivity contribution in [2.24, 2.45) is 22.7 Å². The summed E-state index contributed by atoms with van der Waals surface area (Å²) in [7, 11) is 0. The topological polar surface area (TPSA) is 185 Å². The van der Waals surface area contributed by atoms with Gasteiger partial charge in [0.05, 0.1) is 62.5 Å². The zero-order valence-corrected chi connectivity index (χ0v) is 43.5. The zero-order valence-electron chi connectivity index (χ0n) is 41.8. The molecule has 2 aromatic carbocycles. The fraction of sp³-hybridized carbons (Fsp3) is 0.654. The highest BCUT2D eigenvalue weighted by Crippen LogP contribution is 2.48. The van der Waals surface area contributed by atoms with Gasteiger partial charge in [-0.2, -0.15) is 0 Å². The van der Waals surface area contributed by atoms with Crippen LogP contribution >= 0.6 is 23.5 Å². The molecule has 0 aromatic heterocycles. The Morgan fingerprint density at radius 1 is 0.609 bits per heavy atom. The van der Waals surface area contributed by atoms with E-state index in [4.69, 9.17) is 14.2 Å². The summed E-state index contributed by atoms with van der Waals surface area (Å²) in [6, 6.07) is 15.4. The lowest BCUT2D eigenvalue weighted by Gasteiger charge is -2.35. The van der Waals surface area contributed by atoms with Crippen molar-refractivity contribution in [2.45, 2.75) is 141 Å². The standard InChI is InChI=1S/C52H76N6O9S2/c1-9-33(3)45(59)53-37-21-27-68-41-29-51(5,6)43(57(41)49(37)63)47(61)55-39(35-17-13-11-14-18-35)31-66-25-23-65-24-26-67-32-40(36-19-15-12-16-20-36)56-48(62)44-52(7,8)30-42-58(44)50(64)38(22-28-69-42)54-46(60)34(4)10-2/h11-20,33-34,37-44H,9-10,21-32H2,1-8H3,(H,53,59)(H,54,60)(H,55,61)(H,56,62)/t33-,34-,37+,38+,39-,40-,41+,42+,43-,44-/m1/s1. The Morgan fingerprint density at radius 3 is 1.33 bits per heavy atom. The maximum absolute atomic E-state index is 14.4. The molecule has 6 amide bonds. The van der Waals surface area contributed by atoms with E-state index in [9.17, 15) is 28.8 Å². The molecule has 380 valence electrons. The first-order valence-corrected chi connectivity index (χ1v) is 27.0. The largest absolute Gasteiger partial charge is 0.377 e. The normalized spacial score (nSPS) is 25.8. The van der Waals surface area contributed by atoms with Crippen molar-refractivity contribution >= 4 is 59.0 Å². The molecule has 2 aromatic rings. The lowest BCUT2D eigenvalue weighted by Crippen LogP contribution is -2.57. The fourth-order valence-corrected chi connectivity index (χ4v) is 12.9. The molecule has 10 atom stereocenters. The van der Waals surface area contributed by atoms with Crippen molar-refractivity contribution < 1.29 is 43.0 Å². The molecule has 0 saturated carbocycles. The van der Waals surface area contributed by atoms with Gasteiger partial charge < -0.3 is 45.3 Å². The monoisotopic (exact) mass is 993 g/mol. The summed E-state index contributed by atoms with van der Waals surface area (Å²) in [5, 5.41) is 12.1. The number of thioether (sulfide) groups is 2. The summed E-state index contributed by atoms with van der Waals surface area (Å²) < 4.78 is 18.1. The van der Waals surface area contributed by atoms with Gasteiger partial charge in [0.15, 0.2) is 0 Å². The summed E-state index contributed by atoms with van der Waals surface area (Å²) in [6.45, 7) is 17.1. The molecule has 4 heterocycles. The summed E-state index contributed by atoms with van der Waals surface area (Å²) in [6.07, 6.45) is 3.68. The van der Waals surface area contributed by atoms with Crippen LogP contribution in [0, 0.1) is 22.7 Å². The first kappa shape index (κ1) is 54.2. The molecule has 0 spiro atoms. The molecule has 4 aliphatic rings. The number of hydrogen-bond acceptors (Lipinski definition) is 11. The number of hydrogen-bond donors (Lipinski definition) is 4. The molecular weight excluding hydrogens is 917 g/mol. The van der Waals surface area contributed by atoms with E-state index < -0.39 is 47.1 Å². The Morgan fingerprint density at radius 2 is 0.971 bits per heavy atom. The lowest BCUT2D eigenvalue weighted by molar-refractivity contribution is -0.144. The zero-order chi connectivity index (χ0) is 49.9. The number of fused-ring (bicyclic) bond motifs is 2. The third kappa shape index (κ3) is 13.6. The van der Waals surface area contributed by atoms with Gasteiger partial charge in [-0.1, -0.05) is 116 Å². The van der Waals surface area contributed by atoms with Crippen molar-refractivity contribution in [1.29, 1.82) is 0 Å². The minimum Gasteiger partial charge on any atom is -0.377 e. The predicted octanol–water partition coefficient (Wildman–Crippen LogP) is 5.99. The maximum Gasteiger partial charge on any atom is 0.246 e. The summed E-state index contributed by atoms with van der Waals surface area (Å²) >= 11 is 3.34. The van der Waals surface area contributed by atoms with E-state index >= 15 is 0 Å². The molecule has 69 heavy (non-hydrogen) atoms. The first-order chi connectivity index (χ1) is 33.0. The third-order valence-electron chi connectivity index (χ3n) is 14.2. The van der Waals surface area contributed by atoms with E-state index in [0.717, 1.165) is 11.1 Å². The molecule has 0 aliphatic carbocycles. The summed E-state index contributed by atoms with van der Waals surface area (Å²) in [5.74, 6) is -0.264. The van der Waals surface area contributed by atoms with Crippen molar-refractivity contribution in [3.05, 3.63) is 71.8 Å². The van der Waals surface area contributed by atoms with E-state index in [1.165, 1.54) is 0 Å². The number of nitrogens with zero attached hydrogens (tertiary/aromatic N) is 2. The number of ether oxygens (including phenoxy) is 3. The van der Waals surface area contributed by atoms with Crippen LogP contribution in [0.1, 0.15) is 117 Å². The molecule has 4 saturated heterocycles. The number of benzene rings is 2. The van der Waals surface area contributed by atoms with Crippen molar-refractivity contribution in [2.75, 3.05) is 51.1 Å². The van der Waals surface area contributed by atoms with Crippen molar-refractivity contribution in [3.63, 3.8) is 0 Å². The van der Waals surface area contributed by atoms with Gasteiger partial charge in [-0.3, -0.25) is 28.8 Å². The Hall–Kier alpha value is -4.16. The average molecular weight is 993 g/mol. The summed E-state index contributed by atoms with van der Waals surface area (Å²) in [5.41, 5.74) is 0.716. The van der Waals surface area contributed by atoms with Crippen molar-refractivity contribution in [1.82, 2.24) is 31.1 Å². The minimum absolute atomic E-state index is 0.149.